The van der Waals surface area contributed by atoms with Crippen LogP contribution in [0.1, 0.15) is 13.8 Å². The van der Waals surface area contributed by atoms with Gasteiger partial charge < -0.3 is 9.64 Å². The van der Waals surface area contributed by atoms with Crippen LogP contribution in [0.25, 0.3) is 0 Å². The first kappa shape index (κ1) is 15.7. The fraction of sp³-hybridized carbons (Fsp3) is 0.500. The number of hydrogen-bond acceptors (Lipinski definition) is 5. The molecule has 0 amide bonds. The van der Waals surface area contributed by atoms with Crippen LogP contribution in [-0.4, -0.2) is 34.7 Å². The SMILES string of the molecule is CCN(CC)c1cccc(OCCOS(N)(=O)=O)c1. The minimum Gasteiger partial charge on any atom is -0.491 e. The summed E-state index contributed by atoms with van der Waals surface area (Å²) in [7, 11) is -3.90. The largest absolute Gasteiger partial charge is 0.491 e. The maximum atomic E-state index is 10.6. The molecule has 108 valence electrons. The van der Waals surface area contributed by atoms with Crippen LogP contribution in [0.5, 0.6) is 5.75 Å². The van der Waals surface area contributed by atoms with Gasteiger partial charge in [0.15, 0.2) is 0 Å². The fourth-order valence-corrected chi connectivity index (χ4v) is 1.97. The van der Waals surface area contributed by atoms with E-state index in [1.807, 2.05) is 24.3 Å². The molecule has 1 rings (SSSR count). The minimum absolute atomic E-state index is 0.103. The molecule has 0 aliphatic heterocycles. The average molecular weight is 288 g/mol. The number of nitrogens with two attached hydrogens (primary N) is 1. The van der Waals surface area contributed by atoms with Crippen LogP contribution >= 0.6 is 0 Å². The quantitative estimate of drug-likeness (QED) is 0.725. The van der Waals surface area contributed by atoms with Crippen molar-refractivity contribution >= 4 is 16.0 Å². The maximum absolute atomic E-state index is 10.6. The molecule has 0 heterocycles. The van der Waals surface area contributed by atoms with E-state index in [1.54, 1.807) is 0 Å². The zero-order valence-corrected chi connectivity index (χ0v) is 12.0. The second-order valence-corrected chi connectivity index (χ2v) is 5.05. The Bertz CT molecular complexity index is 486. The van der Waals surface area contributed by atoms with Crippen molar-refractivity contribution in [2.24, 2.45) is 5.14 Å². The summed E-state index contributed by atoms with van der Waals surface area (Å²) in [5.41, 5.74) is 1.06. The van der Waals surface area contributed by atoms with E-state index < -0.39 is 10.3 Å². The Hall–Kier alpha value is -1.31. The third kappa shape index (κ3) is 5.91. The van der Waals surface area contributed by atoms with Gasteiger partial charge in [0.1, 0.15) is 19.0 Å². The highest BCUT2D eigenvalue weighted by Gasteiger charge is 2.04. The molecule has 1 aromatic carbocycles. The molecule has 0 unspecified atom stereocenters. The Balaban J connectivity index is 2.53. The van der Waals surface area contributed by atoms with Crippen LogP contribution in [-0.2, 0) is 14.5 Å². The summed E-state index contributed by atoms with van der Waals surface area (Å²) in [6, 6.07) is 7.61. The lowest BCUT2D eigenvalue weighted by Crippen LogP contribution is -2.22. The minimum atomic E-state index is -3.90. The van der Waals surface area contributed by atoms with Crippen molar-refractivity contribution in [2.75, 3.05) is 31.2 Å². The number of benzene rings is 1. The number of anilines is 1. The molecule has 19 heavy (non-hydrogen) atoms. The zero-order valence-electron chi connectivity index (χ0n) is 11.2. The topological polar surface area (TPSA) is 81.9 Å². The highest BCUT2D eigenvalue weighted by Crippen LogP contribution is 2.20. The lowest BCUT2D eigenvalue weighted by molar-refractivity contribution is 0.221. The van der Waals surface area contributed by atoms with Crippen molar-refractivity contribution in [3.63, 3.8) is 0 Å². The Morgan fingerprint density at radius 3 is 2.47 bits per heavy atom. The summed E-state index contributed by atoms with van der Waals surface area (Å²) in [5.74, 6) is 0.669. The molecule has 7 heteroatoms. The van der Waals surface area contributed by atoms with Gasteiger partial charge in [0.2, 0.25) is 0 Å². The van der Waals surface area contributed by atoms with Gasteiger partial charge in [-0.1, -0.05) is 6.07 Å². The Morgan fingerprint density at radius 1 is 1.21 bits per heavy atom. The molecule has 0 aliphatic carbocycles. The molecule has 0 spiro atoms. The van der Waals surface area contributed by atoms with Crippen LogP contribution in [0.3, 0.4) is 0 Å². The van der Waals surface area contributed by atoms with Gasteiger partial charge in [-0.05, 0) is 26.0 Å². The van der Waals surface area contributed by atoms with Crippen molar-refractivity contribution in [3.05, 3.63) is 24.3 Å². The van der Waals surface area contributed by atoms with Crippen molar-refractivity contribution in [3.8, 4) is 5.75 Å². The maximum Gasteiger partial charge on any atom is 0.333 e. The number of hydrogen-bond donors (Lipinski definition) is 1. The predicted molar refractivity (Wildman–Crippen MR) is 74.6 cm³/mol. The summed E-state index contributed by atoms with van der Waals surface area (Å²) in [6.45, 7) is 6.00. The van der Waals surface area contributed by atoms with Gasteiger partial charge in [0.25, 0.3) is 0 Å². The van der Waals surface area contributed by atoms with E-state index in [0.717, 1.165) is 18.8 Å². The summed E-state index contributed by atoms with van der Waals surface area (Å²) in [6.07, 6.45) is 0. The van der Waals surface area contributed by atoms with Gasteiger partial charge in [-0.2, -0.15) is 8.42 Å². The molecule has 6 nitrogen and oxygen atoms in total. The molecule has 1 aromatic rings. The fourth-order valence-electron chi connectivity index (χ4n) is 1.67. The first-order valence-electron chi connectivity index (χ1n) is 6.11. The van der Waals surface area contributed by atoms with Crippen LogP contribution < -0.4 is 14.8 Å². The molecule has 0 aromatic heterocycles. The summed E-state index contributed by atoms with van der Waals surface area (Å²) in [4.78, 5) is 2.19. The number of nitrogens with zero attached hydrogens (tertiary/aromatic N) is 1. The van der Waals surface area contributed by atoms with Crippen molar-refractivity contribution in [2.45, 2.75) is 13.8 Å². The second kappa shape index (κ2) is 7.32. The van der Waals surface area contributed by atoms with E-state index in [4.69, 9.17) is 9.88 Å². The smallest absolute Gasteiger partial charge is 0.333 e. The molecular formula is C12H20N2O4S. The molecule has 0 fully saturated rings. The molecular weight excluding hydrogens is 268 g/mol. The first-order chi connectivity index (χ1) is 8.96. The van der Waals surface area contributed by atoms with Crippen LogP contribution in [0, 0.1) is 0 Å². The van der Waals surface area contributed by atoms with Gasteiger partial charge >= 0.3 is 10.3 Å². The summed E-state index contributed by atoms with van der Waals surface area (Å²) >= 11 is 0. The van der Waals surface area contributed by atoms with Crippen molar-refractivity contribution in [1.82, 2.24) is 0 Å². The highest BCUT2D eigenvalue weighted by molar-refractivity contribution is 7.84. The number of ether oxygens (including phenoxy) is 1. The highest BCUT2D eigenvalue weighted by atomic mass is 32.2. The van der Waals surface area contributed by atoms with Crippen molar-refractivity contribution in [1.29, 1.82) is 0 Å². The predicted octanol–water partition coefficient (Wildman–Crippen LogP) is 1.13. The first-order valence-corrected chi connectivity index (χ1v) is 7.58. The Morgan fingerprint density at radius 2 is 1.89 bits per heavy atom. The molecule has 0 atom stereocenters. The van der Waals surface area contributed by atoms with E-state index in [-0.39, 0.29) is 13.2 Å². The Kier molecular flexibility index (Phi) is 6.07. The van der Waals surface area contributed by atoms with Gasteiger partial charge in [0, 0.05) is 24.8 Å². The lowest BCUT2D eigenvalue weighted by atomic mass is 10.2. The molecule has 0 aliphatic rings. The van der Waals surface area contributed by atoms with Gasteiger partial charge in [-0.3, -0.25) is 4.18 Å². The van der Waals surface area contributed by atoms with E-state index in [9.17, 15) is 8.42 Å². The normalized spacial score (nSPS) is 11.3. The van der Waals surface area contributed by atoms with E-state index in [1.165, 1.54) is 0 Å². The Labute approximate surface area is 114 Å². The van der Waals surface area contributed by atoms with Gasteiger partial charge in [-0.15, -0.1) is 0 Å². The molecule has 0 saturated heterocycles. The molecule has 0 radical (unpaired) electrons. The summed E-state index contributed by atoms with van der Waals surface area (Å²) in [5, 5.41) is 4.70. The number of rotatable bonds is 8. The second-order valence-electron chi connectivity index (χ2n) is 3.83. The standard InChI is InChI=1S/C12H20N2O4S/c1-3-14(4-2)11-6-5-7-12(10-11)17-8-9-18-19(13,15)16/h5-7,10H,3-4,8-9H2,1-2H3,(H2,13,15,16). The van der Waals surface area contributed by atoms with E-state index in [0.29, 0.717) is 5.75 Å². The van der Waals surface area contributed by atoms with Gasteiger partial charge in [-0.25, -0.2) is 5.14 Å². The monoisotopic (exact) mass is 288 g/mol. The lowest BCUT2D eigenvalue weighted by Gasteiger charge is -2.21. The summed E-state index contributed by atoms with van der Waals surface area (Å²) < 4.78 is 30.9. The van der Waals surface area contributed by atoms with E-state index >= 15 is 0 Å². The van der Waals surface area contributed by atoms with Gasteiger partial charge in [0.05, 0.1) is 0 Å². The van der Waals surface area contributed by atoms with E-state index in [2.05, 4.69) is 22.9 Å². The zero-order chi connectivity index (χ0) is 14.3. The third-order valence-corrected chi connectivity index (χ3v) is 3.04. The third-order valence-electron chi connectivity index (χ3n) is 2.55. The average Bonchev–Trinajstić information content (AvgIpc) is 2.36. The molecule has 0 saturated carbocycles. The van der Waals surface area contributed by atoms with Crippen LogP contribution in [0.4, 0.5) is 5.69 Å². The van der Waals surface area contributed by atoms with Crippen LogP contribution in [0.2, 0.25) is 0 Å². The molecule has 0 bridgehead atoms. The molecule has 2 N–H and O–H groups in total. The van der Waals surface area contributed by atoms with Crippen molar-refractivity contribution < 1.29 is 17.3 Å². The van der Waals surface area contributed by atoms with Crippen LogP contribution in [0.15, 0.2) is 24.3 Å².